The molecule has 0 aliphatic carbocycles. The summed E-state index contributed by atoms with van der Waals surface area (Å²) in [4.78, 5) is 8.97. The number of nitriles is 1. The number of H-pyrrole nitrogens is 1. The zero-order valence-corrected chi connectivity index (χ0v) is 17.4. The molecule has 0 unspecified atom stereocenters. The Kier molecular flexibility index (Phi) is 5.56. The maximum atomic E-state index is 9.65. The number of ether oxygens (including phenoxy) is 2. The third-order valence-corrected chi connectivity index (χ3v) is 5.33. The average Bonchev–Trinajstić information content (AvgIpc) is 2.79. The molecular formula is C24H22N6O2. The Labute approximate surface area is 185 Å². The molecule has 0 radical (unpaired) electrons. The minimum absolute atomic E-state index is 0.0780. The Morgan fingerprint density at radius 1 is 1.16 bits per heavy atom. The topological polar surface area (TPSA) is 101 Å². The number of rotatable bonds is 6. The third kappa shape index (κ3) is 4.33. The Morgan fingerprint density at radius 2 is 2.03 bits per heavy atom. The molecule has 0 amide bonds. The molecule has 0 bridgehead atoms. The zero-order valence-electron chi connectivity index (χ0n) is 17.4. The second-order valence-corrected chi connectivity index (χ2v) is 7.51. The molecule has 2 aromatic carbocycles. The molecule has 8 heteroatoms. The maximum Gasteiger partial charge on any atom is 0.227 e. The normalized spacial score (nSPS) is 14.1. The average molecular weight is 426 g/mol. The standard InChI is InChI=1S/C24H22N6O2/c25-16-18-14-17(4-5-23(18)32-21-7-12-31-13-8-21)22-6-9-26-24(29-22)28-19-2-1-3-20(15-19)30-11-10-27-30/h1-6,9-11,14-15,21,27H,7-8,12-13H2,(H,26,28,29). The summed E-state index contributed by atoms with van der Waals surface area (Å²) in [6.45, 7) is 1.38. The summed E-state index contributed by atoms with van der Waals surface area (Å²) in [6.07, 6.45) is 7.25. The molecule has 32 heavy (non-hydrogen) atoms. The van der Waals surface area contributed by atoms with Crippen molar-refractivity contribution < 1.29 is 9.47 Å². The fraction of sp³-hybridized carbons (Fsp3) is 0.208. The minimum Gasteiger partial charge on any atom is -0.489 e. The quantitative estimate of drug-likeness (QED) is 0.473. The number of nitrogens with zero attached hydrogens (tertiary/aromatic N) is 4. The van der Waals surface area contributed by atoms with E-state index in [-0.39, 0.29) is 6.10 Å². The first-order valence-corrected chi connectivity index (χ1v) is 10.5. The highest BCUT2D eigenvalue weighted by Crippen LogP contribution is 2.28. The van der Waals surface area contributed by atoms with Gasteiger partial charge in [-0.05, 0) is 42.5 Å². The van der Waals surface area contributed by atoms with Gasteiger partial charge in [-0.25, -0.2) is 9.97 Å². The van der Waals surface area contributed by atoms with E-state index < -0.39 is 0 Å². The highest BCUT2D eigenvalue weighted by molar-refractivity contribution is 5.66. The van der Waals surface area contributed by atoms with E-state index in [2.05, 4.69) is 26.5 Å². The summed E-state index contributed by atoms with van der Waals surface area (Å²) in [5.74, 6) is 1.08. The van der Waals surface area contributed by atoms with E-state index in [4.69, 9.17) is 9.47 Å². The number of hydrogen-bond acceptors (Lipinski definition) is 6. The van der Waals surface area contributed by atoms with E-state index in [1.807, 2.05) is 65.6 Å². The predicted octanol–water partition coefficient (Wildman–Crippen LogP) is 4.44. The minimum atomic E-state index is 0.0780. The van der Waals surface area contributed by atoms with Crippen LogP contribution in [0.3, 0.4) is 0 Å². The van der Waals surface area contributed by atoms with E-state index >= 15 is 0 Å². The molecule has 3 heterocycles. The van der Waals surface area contributed by atoms with Gasteiger partial charge in [0.25, 0.3) is 0 Å². The molecule has 2 N–H and O–H groups in total. The molecule has 0 atom stereocenters. The Morgan fingerprint density at radius 3 is 2.81 bits per heavy atom. The van der Waals surface area contributed by atoms with Crippen molar-refractivity contribution >= 4 is 11.6 Å². The number of aromatic nitrogens is 4. The van der Waals surface area contributed by atoms with E-state index in [0.717, 1.165) is 35.5 Å². The first-order valence-electron chi connectivity index (χ1n) is 10.5. The van der Waals surface area contributed by atoms with Gasteiger partial charge in [0.2, 0.25) is 5.95 Å². The summed E-state index contributed by atoms with van der Waals surface area (Å²) in [5, 5.41) is 16.0. The van der Waals surface area contributed by atoms with Crippen molar-refractivity contribution in [2.75, 3.05) is 18.5 Å². The molecule has 1 aliphatic heterocycles. The van der Waals surface area contributed by atoms with Gasteiger partial charge >= 0.3 is 0 Å². The van der Waals surface area contributed by atoms with Gasteiger partial charge in [-0.2, -0.15) is 5.26 Å². The molecule has 0 saturated carbocycles. The molecule has 5 rings (SSSR count). The molecule has 160 valence electrons. The number of benzene rings is 2. The first-order chi connectivity index (χ1) is 15.8. The monoisotopic (exact) mass is 426 g/mol. The zero-order chi connectivity index (χ0) is 21.8. The second kappa shape index (κ2) is 8.96. The molecule has 1 saturated heterocycles. The van der Waals surface area contributed by atoms with Crippen LogP contribution >= 0.6 is 0 Å². The van der Waals surface area contributed by atoms with Gasteiger partial charge in [-0.3, -0.25) is 4.68 Å². The van der Waals surface area contributed by atoms with Gasteiger partial charge in [-0.1, -0.05) is 6.07 Å². The van der Waals surface area contributed by atoms with Crippen molar-refractivity contribution in [3.8, 4) is 28.8 Å². The van der Waals surface area contributed by atoms with Gasteiger partial charge in [0.05, 0.1) is 30.2 Å². The van der Waals surface area contributed by atoms with Crippen molar-refractivity contribution in [1.82, 2.24) is 19.7 Å². The first kappa shape index (κ1) is 19.8. The van der Waals surface area contributed by atoms with Gasteiger partial charge in [0.15, 0.2) is 0 Å². The molecule has 0 spiro atoms. The van der Waals surface area contributed by atoms with Crippen LogP contribution in [0.1, 0.15) is 18.4 Å². The lowest BCUT2D eigenvalue weighted by Crippen LogP contribution is -2.26. The molecule has 2 aromatic heterocycles. The second-order valence-electron chi connectivity index (χ2n) is 7.51. The summed E-state index contributed by atoms with van der Waals surface area (Å²) in [5.41, 5.74) is 3.92. The van der Waals surface area contributed by atoms with Crippen LogP contribution in [0.4, 0.5) is 11.6 Å². The number of aromatic amines is 1. The van der Waals surface area contributed by atoms with Crippen molar-refractivity contribution in [2.24, 2.45) is 0 Å². The van der Waals surface area contributed by atoms with E-state index in [1.54, 1.807) is 6.20 Å². The number of hydrogen-bond donors (Lipinski definition) is 2. The molecule has 1 fully saturated rings. The highest BCUT2D eigenvalue weighted by atomic mass is 16.5. The molecule has 8 nitrogen and oxygen atoms in total. The largest absolute Gasteiger partial charge is 0.489 e. The highest BCUT2D eigenvalue weighted by Gasteiger charge is 2.17. The lowest BCUT2D eigenvalue weighted by molar-refractivity contribution is 0.0254. The van der Waals surface area contributed by atoms with Crippen LogP contribution in [0.2, 0.25) is 0 Å². The van der Waals surface area contributed by atoms with Crippen LogP contribution in [0.25, 0.3) is 16.9 Å². The summed E-state index contributed by atoms with van der Waals surface area (Å²) >= 11 is 0. The Hall–Kier alpha value is -4.09. The SMILES string of the molecule is N#Cc1cc(-c2ccnc(Nc3cccc(-n4cc[nH]4)c3)n2)ccc1OC1CCOCC1. The van der Waals surface area contributed by atoms with E-state index in [0.29, 0.717) is 30.5 Å². The summed E-state index contributed by atoms with van der Waals surface area (Å²) in [6, 6.07) is 17.6. The van der Waals surface area contributed by atoms with Crippen LogP contribution in [-0.4, -0.2) is 39.1 Å². The van der Waals surface area contributed by atoms with Crippen molar-refractivity contribution in [3.05, 3.63) is 72.7 Å². The summed E-state index contributed by atoms with van der Waals surface area (Å²) < 4.78 is 13.3. The van der Waals surface area contributed by atoms with Crippen molar-refractivity contribution in [3.63, 3.8) is 0 Å². The van der Waals surface area contributed by atoms with Gasteiger partial charge < -0.3 is 19.9 Å². The maximum absolute atomic E-state index is 9.65. The van der Waals surface area contributed by atoms with Crippen LogP contribution in [0.15, 0.2) is 67.1 Å². The van der Waals surface area contributed by atoms with E-state index in [1.165, 1.54) is 0 Å². The predicted molar refractivity (Wildman–Crippen MR) is 120 cm³/mol. The Balaban J connectivity index is 1.35. The van der Waals surface area contributed by atoms with Crippen LogP contribution in [0, 0.1) is 11.3 Å². The van der Waals surface area contributed by atoms with E-state index in [9.17, 15) is 5.26 Å². The fourth-order valence-electron chi connectivity index (χ4n) is 3.60. The smallest absolute Gasteiger partial charge is 0.227 e. The van der Waals surface area contributed by atoms with Gasteiger partial charge in [-0.15, -0.1) is 0 Å². The number of anilines is 2. The third-order valence-electron chi connectivity index (χ3n) is 5.33. The van der Waals surface area contributed by atoms with Crippen molar-refractivity contribution in [1.29, 1.82) is 5.26 Å². The fourth-order valence-corrected chi connectivity index (χ4v) is 3.60. The van der Waals surface area contributed by atoms with Gasteiger partial charge in [0, 0.05) is 42.7 Å². The molecule has 1 aliphatic rings. The van der Waals surface area contributed by atoms with Crippen LogP contribution in [0.5, 0.6) is 5.75 Å². The van der Waals surface area contributed by atoms with Gasteiger partial charge in [0.1, 0.15) is 17.9 Å². The molecule has 4 aromatic rings. The number of nitrogens with one attached hydrogen (secondary N) is 2. The lowest BCUT2D eigenvalue weighted by atomic mass is 10.1. The van der Waals surface area contributed by atoms with Crippen molar-refractivity contribution in [2.45, 2.75) is 18.9 Å². The summed E-state index contributed by atoms with van der Waals surface area (Å²) in [7, 11) is 0. The Bertz CT molecular complexity index is 1240. The lowest BCUT2D eigenvalue weighted by Gasteiger charge is -2.23. The molecular weight excluding hydrogens is 404 g/mol. The van der Waals surface area contributed by atoms with Crippen LogP contribution in [-0.2, 0) is 4.74 Å². The van der Waals surface area contributed by atoms with Crippen LogP contribution < -0.4 is 10.1 Å².